The van der Waals surface area contributed by atoms with Crippen molar-refractivity contribution >= 4 is 5.82 Å². The lowest BCUT2D eigenvalue weighted by Crippen LogP contribution is -2.07. The first-order chi connectivity index (χ1) is 13.1. The molecule has 0 radical (unpaired) electrons. The molecule has 140 valence electrons. The summed E-state index contributed by atoms with van der Waals surface area (Å²) >= 11 is 0. The van der Waals surface area contributed by atoms with Crippen LogP contribution in [-0.4, -0.2) is 31.3 Å². The van der Waals surface area contributed by atoms with Crippen molar-refractivity contribution in [1.29, 1.82) is 0 Å². The summed E-state index contributed by atoms with van der Waals surface area (Å²) < 4.78 is 20.6. The van der Waals surface area contributed by atoms with Crippen LogP contribution in [0.3, 0.4) is 0 Å². The largest absolute Gasteiger partial charge is 0.477 e. The van der Waals surface area contributed by atoms with Crippen LogP contribution in [0.2, 0.25) is 0 Å². The molecule has 3 aromatic rings. The molecular weight excluding hydrogens is 347 g/mol. The van der Waals surface area contributed by atoms with Crippen LogP contribution in [0.1, 0.15) is 29.4 Å². The SMILES string of the molecule is Cc1nc(NCc2cnn(C)c2)cc(OC[C@H]2C[C@@H]2c2ccc(F)cn2)n1. The monoisotopic (exact) mass is 368 g/mol. The van der Waals surface area contributed by atoms with Crippen molar-refractivity contribution in [2.45, 2.75) is 25.8 Å². The Bertz CT molecular complexity index is 926. The highest BCUT2D eigenvalue weighted by Gasteiger charge is 2.40. The maximum absolute atomic E-state index is 13.0. The Kier molecular flexibility index (Phi) is 4.70. The summed E-state index contributed by atoms with van der Waals surface area (Å²) in [6.45, 7) is 3.03. The average molecular weight is 368 g/mol. The second-order valence-corrected chi connectivity index (χ2v) is 6.83. The number of aromatic nitrogens is 5. The van der Waals surface area contributed by atoms with Crippen molar-refractivity contribution in [3.8, 4) is 5.88 Å². The number of aryl methyl sites for hydroxylation is 2. The molecular formula is C19H21FN6O. The van der Waals surface area contributed by atoms with Crippen molar-refractivity contribution in [2.24, 2.45) is 13.0 Å². The number of anilines is 1. The standard InChI is InChI=1S/C19H21FN6O/c1-12-24-18(22-7-13-8-23-26(2)10-13)6-19(25-12)27-11-14-5-16(14)17-4-3-15(20)9-21-17/h3-4,6,8-10,14,16H,5,7,11H2,1-2H3,(H,22,24,25)/t14-,16+/m1/s1. The fourth-order valence-electron chi connectivity index (χ4n) is 3.05. The molecule has 0 aliphatic heterocycles. The molecule has 0 amide bonds. The van der Waals surface area contributed by atoms with Gasteiger partial charge >= 0.3 is 0 Å². The third-order valence-electron chi connectivity index (χ3n) is 4.54. The molecule has 1 fully saturated rings. The van der Waals surface area contributed by atoms with Crippen molar-refractivity contribution < 1.29 is 9.13 Å². The van der Waals surface area contributed by atoms with E-state index in [-0.39, 0.29) is 5.82 Å². The first kappa shape index (κ1) is 17.4. The van der Waals surface area contributed by atoms with E-state index in [0.717, 1.165) is 17.7 Å². The van der Waals surface area contributed by atoms with Crippen LogP contribution in [0.15, 0.2) is 36.8 Å². The van der Waals surface area contributed by atoms with E-state index in [9.17, 15) is 4.39 Å². The van der Waals surface area contributed by atoms with E-state index in [1.54, 1.807) is 16.8 Å². The van der Waals surface area contributed by atoms with Gasteiger partial charge in [-0.15, -0.1) is 0 Å². The van der Waals surface area contributed by atoms with Crippen molar-refractivity contribution in [2.75, 3.05) is 11.9 Å². The fourth-order valence-corrected chi connectivity index (χ4v) is 3.05. The summed E-state index contributed by atoms with van der Waals surface area (Å²) in [5.41, 5.74) is 1.99. The van der Waals surface area contributed by atoms with Crippen LogP contribution in [0.5, 0.6) is 5.88 Å². The summed E-state index contributed by atoms with van der Waals surface area (Å²) in [5, 5.41) is 7.42. The Labute approximate surface area is 156 Å². The molecule has 1 aliphatic carbocycles. The van der Waals surface area contributed by atoms with E-state index < -0.39 is 0 Å². The number of halogens is 1. The van der Waals surface area contributed by atoms with E-state index in [0.29, 0.717) is 42.5 Å². The lowest BCUT2D eigenvalue weighted by molar-refractivity contribution is 0.284. The van der Waals surface area contributed by atoms with Gasteiger partial charge in [-0.05, 0) is 25.5 Å². The van der Waals surface area contributed by atoms with Gasteiger partial charge in [0.15, 0.2) is 0 Å². The maximum atomic E-state index is 13.0. The molecule has 27 heavy (non-hydrogen) atoms. The van der Waals surface area contributed by atoms with Gasteiger partial charge in [-0.25, -0.2) is 9.37 Å². The predicted octanol–water partition coefficient (Wildman–Crippen LogP) is 2.85. The lowest BCUT2D eigenvalue weighted by Gasteiger charge is -2.09. The average Bonchev–Trinajstić information content (AvgIpc) is 3.30. The number of hydrogen-bond donors (Lipinski definition) is 1. The molecule has 4 rings (SSSR count). The zero-order valence-corrected chi connectivity index (χ0v) is 15.3. The fraction of sp³-hybridized carbons (Fsp3) is 0.368. The molecule has 0 spiro atoms. The minimum absolute atomic E-state index is 0.310. The van der Waals surface area contributed by atoms with Crippen molar-refractivity contribution in [3.05, 3.63) is 59.7 Å². The van der Waals surface area contributed by atoms with E-state index in [2.05, 4.69) is 25.4 Å². The second-order valence-electron chi connectivity index (χ2n) is 6.83. The Morgan fingerprint density at radius 3 is 2.93 bits per heavy atom. The van der Waals surface area contributed by atoms with Gasteiger partial charge < -0.3 is 10.1 Å². The molecule has 2 atom stereocenters. The van der Waals surface area contributed by atoms with Crippen LogP contribution in [0, 0.1) is 18.7 Å². The third kappa shape index (κ3) is 4.39. The molecule has 1 aliphatic rings. The van der Waals surface area contributed by atoms with Crippen molar-refractivity contribution in [3.63, 3.8) is 0 Å². The molecule has 1 saturated carbocycles. The number of hydrogen-bond acceptors (Lipinski definition) is 6. The van der Waals surface area contributed by atoms with Gasteiger partial charge in [0.05, 0.1) is 19.0 Å². The first-order valence-electron chi connectivity index (χ1n) is 8.88. The van der Waals surface area contributed by atoms with E-state index in [1.165, 1.54) is 12.3 Å². The van der Waals surface area contributed by atoms with Crippen LogP contribution in [0.25, 0.3) is 0 Å². The van der Waals surface area contributed by atoms with Gasteiger partial charge in [-0.3, -0.25) is 9.67 Å². The smallest absolute Gasteiger partial charge is 0.218 e. The van der Waals surface area contributed by atoms with Gasteiger partial charge in [-0.1, -0.05) is 0 Å². The molecule has 3 aromatic heterocycles. The zero-order valence-electron chi connectivity index (χ0n) is 15.3. The Morgan fingerprint density at radius 2 is 2.19 bits per heavy atom. The number of nitrogens with zero attached hydrogens (tertiary/aromatic N) is 5. The normalized spacial score (nSPS) is 18.3. The number of ether oxygens (including phenoxy) is 1. The van der Waals surface area contributed by atoms with Gasteiger partial charge in [0.1, 0.15) is 17.5 Å². The van der Waals surface area contributed by atoms with Crippen molar-refractivity contribution in [1.82, 2.24) is 24.7 Å². The molecule has 0 unspecified atom stereocenters. The lowest BCUT2D eigenvalue weighted by atomic mass is 10.2. The summed E-state index contributed by atoms with van der Waals surface area (Å²) in [4.78, 5) is 12.9. The van der Waals surface area contributed by atoms with Crippen LogP contribution >= 0.6 is 0 Å². The Morgan fingerprint density at radius 1 is 1.30 bits per heavy atom. The maximum Gasteiger partial charge on any atom is 0.218 e. The number of rotatable bonds is 7. The molecule has 0 aromatic carbocycles. The van der Waals surface area contributed by atoms with Gasteiger partial charge in [-0.2, -0.15) is 10.1 Å². The Balaban J connectivity index is 1.32. The second kappa shape index (κ2) is 7.30. The highest BCUT2D eigenvalue weighted by molar-refractivity contribution is 5.39. The van der Waals surface area contributed by atoms with E-state index >= 15 is 0 Å². The first-order valence-corrected chi connectivity index (χ1v) is 8.88. The highest BCUT2D eigenvalue weighted by Crippen LogP contribution is 2.46. The summed E-state index contributed by atoms with van der Waals surface area (Å²) in [7, 11) is 1.89. The van der Waals surface area contributed by atoms with E-state index in [1.807, 2.05) is 26.4 Å². The minimum Gasteiger partial charge on any atom is -0.477 e. The zero-order chi connectivity index (χ0) is 18.8. The topological polar surface area (TPSA) is 77.8 Å². The third-order valence-corrected chi connectivity index (χ3v) is 4.54. The highest BCUT2D eigenvalue weighted by atomic mass is 19.1. The number of nitrogens with one attached hydrogen (secondary N) is 1. The molecule has 3 heterocycles. The van der Waals surface area contributed by atoms with Crippen LogP contribution in [-0.2, 0) is 13.6 Å². The summed E-state index contributed by atoms with van der Waals surface area (Å²) in [6, 6.07) is 5.00. The summed E-state index contributed by atoms with van der Waals surface area (Å²) in [5.74, 6) is 2.31. The molecule has 8 heteroatoms. The van der Waals surface area contributed by atoms with E-state index in [4.69, 9.17) is 4.74 Å². The molecule has 0 saturated heterocycles. The minimum atomic E-state index is -0.310. The van der Waals surface area contributed by atoms with Crippen LogP contribution < -0.4 is 10.1 Å². The van der Waals surface area contributed by atoms with Gasteiger partial charge in [0.25, 0.3) is 0 Å². The summed E-state index contributed by atoms with van der Waals surface area (Å²) in [6.07, 6.45) is 6.03. The molecule has 0 bridgehead atoms. The number of pyridine rings is 1. The van der Waals surface area contributed by atoms with Crippen LogP contribution in [0.4, 0.5) is 10.2 Å². The molecule has 1 N–H and O–H groups in total. The quantitative estimate of drug-likeness (QED) is 0.691. The van der Waals surface area contributed by atoms with Gasteiger partial charge in [0, 0.05) is 48.9 Å². The van der Waals surface area contributed by atoms with Gasteiger partial charge in [0.2, 0.25) is 5.88 Å². The Hall–Kier alpha value is -3.03. The molecule has 7 nitrogen and oxygen atoms in total. The predicted molar refractivity (Wildman–Crippen MR) is 97.8 cm³/mol.